The highest BCUT2D eigenvalue weighted by Gasteiger charge is 2.29. The Morgan fingerprint density at radius 3 is 2.65 bits per heavy atom. The molecule has 1 aliphatic heterocycles. The Hall–Kier alpha value is -2.13. The van der Waals surface area contributed by atoms with Gasteiger partial charge in [-0.2, -0.15) is 0 Å². The zero-order valence-corrected chi connectivity index (χ0v) is 16.2. The van der Waals surface area contributed by atoms with Gasteiger partial charge >= 0.3 is 0 Å². The molecule has 1 atom stereocenters. The van der Waals surface area contributed by atoms with Crippen molar-refractivity contribution in [2.75, 3.05) is 6.61 Å². The van der Waals surface area contributed by atoms with Crippen LogP contribution in [0.2, 0.25) is 0 Å². The number of hydrogen-bond acceptors (Lipinski definition) is 2. The lowest BCUT2D eigenvalue weighted by molar-refractivity contribution is -0.0615. The maximum Gasteiger partial charge on any atom is 0.251 e. The second-order valence-electron chi connectivity index (χ2n) is 8.09. The lowest BCUT2D eigenvalue weighted by atomic mass is 9.91. The van der Waals surface area contributed by atoms with E-state index in [1.54, 1.807) is 0 Å². The van der Waals surface area contributed by atoms with E-state index < -0.39 is 0 Å². The molecule has 0 aromatic heterocycles. The number of benzene rings is 2. The van der Waals surface area contributed by atoms with Crippen molar-refractivity contribution in [3.63, 3.8) is 0 Å². The number of carbonyl (C=O) groups is 1. The van der Waals surface area contributed by atoms with Crippen molar-refractivity contribution < 1.29 is 9.53 Å². The van der Waals surface area contributed by atoms with Crippen molar-refractivity contribution >= 4 is 5.91 Å². The Morgan fingerprint density at radius 1 is 1.15 bits per heavy atom. The largest absolute Gasteiger partial charge is 0.375 e. The van der Waals surface area contributed by atoms with Crippen LogP contribution in [-0.4, -0.2) is 24.2 Å². The van der Waals surface area contributed by atoms with E-state index in [1.807, 2.05) is 18.2 Å². The molecule has 0 saturated carbocycles. The van der Waals surface area contributed by atoms with Gasteiger partial charge in [0.05, 0.1) is 5.60 Å². The molecule has 0 aliphatic carbocycles. The summed E-state index contributed by atoms with van der Waals surface area (Å²) in [5.74, 6) is 0.435. The van der Waals surface area contributed by atoms with Gasteiger partial charge in [0.15, 0.2) is 0 Å². The SMILES string of the molecule is CC(C)c1ccccc1-c1cccc(C(=O)NC2CCOC(C)(C)C2)c1. The summed E-state index contributed by atoms with van der Waals surface area (Å²) >= 11 is 0. The lowest BCUT2D eigenvalue weighted by Crippen LogP contribution is -2.45. The maximum absolute atomic E-state index is 12.8. The average Bonchev–Trinajstić information content (AvgIpc) is 2.61. The number of ether oxygens (including phenoxy) is 1. The first-order chi connectivity index (χ1) is 12.4. The van der Waals surface area contributed by atoms with E-state index in [2.05, 4.69) is 63.3 Å². The molecule has 1 heterocycles. The van der Waals surface area contributed by atoms with Gasteiger partial charge in [0.2, 0.25) is 0 Å². The summed E-state index contributed by atoms with van der Waals surface area (Å²) in [5.41, 5.74) is 4.13. The maximum atomic E-state index is 12.8. The molecule has 2 aromatic rings. The first-order valence-corrected chi connectivity index (χ1v) is 9.50. The minimum atomic E-state index is -0.172. The highest BCUT2D eigenvalue weighted by atomic mass is 16.5. The summed E-state index contributed by atoms with van der Waals surface area (Å²) in [5, 5.41) is 3.19. The summed E-state index contributed by atoms with van der Waals surface area (Å²) < 4.78 is 5.74. The Balaban J connectivity index is 1.80. The van der Waals surface area contributed by atoms with Crippen molar-refractivity contribution in [3.05, 3.63) is 59.7 Å². The molecule has 0 spiro atoms. The third-order valence-corrected chi connectivity index (χ3v) is 5.05. The van der Waals surface area contributed by atoms with Crippen LogP contribution in [0.25, 0.3) is 11.1 Å². The second kappa shape index (κ2) is 7.63. The molecule has 3 rings (SSSR count). The monoisotopic (exact) mass is 351 g/mol. The molecule has 0 bridgehead atoms. The van der Waals surface area contributed by atoms with E-state index in [0.717, 1.165) is 18.4 Å². The van der Waals surface area contributed by atoms with Crippen molar-refractivity contribution in [2.45, 2.75) is 58.1 Å². The molecule has 1 amide bonds. The van der Waals surface area contributed by atoms with Gasteiger partial charge in [-0.15, -0.1) is 0 Å². The van der Waals surface area contributed by atoms with E-state index in [4.69, 9.17) is 4.74 Å². The van der Waals surface area contributed by atoms with Crippen LogP contribution in [0, 0.1) is 0 Å². The van der Waals surface area contributed by atoms with Crippen LogP contribution < -0.4 is 5.32 Å². The number of amides is 1. The number of carbonyl (C=O) groups excluding carboxylic acids is 1. The van der Waals surface area contributed by atoms with E-state index in [0.29, 0.717) is 18.1 Å². The number of nitrogens with one attached hydrogen (secondary N) is 1. The molecule has 0 radical (unpaired) electrons. The second-order valence-corrected chi connectivity index (χ2v) is 8.09. The van der Waals surface area contributed by atoms with Crippen LogP contribution in [0.1, 0.15) is 62.4 Å². The number of rotatable bonds is 4. The lowest BCUT2D eigenvalue weighted by Gasteiger charge is -2.35. The zero-order chi connectivity index (χ0) is 18.7. The Kier molecular flexibility index (Phi) is 5.47. The van der Waals surface area contributed by atoms with Crippen LogP contribution in [0.15, 0.2) is 48.5 Å². The van der Waals surface area contributed by atoms with Gasteiger partial charge < -0.3 is 10.1 Å². The van der Waals surface area contributed by atoms with Crippen molar-refractivity contribution in [1.82, 2.24) is 5.32 Å². The Bertz CT molecular complexity index is 779. The average molecular weight is 351 g/mol. The third kappa shape index (κ3) is 4.34. The van der Waals surface area contributed by atoms with E-state index >= 15 is 0 Å². The highest BCUT2D eigenvalue weighted by Crippen LogP contribution is 2.30. The molecule has 26 heavy (non-hydrogen) atoms. The fraction of sp³-hybridized carbons (Fsp3) is 0.435. The van der Waals surface area contributed by atoms with Crippen LogP contribution in [0.3, 0.4) is 0 Å². The number of hydrogen-bond donors (Lipinski definition) is 1. The molecule has 1 unspecified atom stereocenters. The fourth-order valence-corrected chi connectivity index (χ4v) is 3.72. The van der Waals surface area contributed by atoms with Gasteiger partial charge in [-0.1, -0.05) is 50.2 Å². The van der Waals surface area contributed by atoms with Crippen LogP contribution in [0.4, 0.5) is 0 Å². The van der Waals surface area contributed by atoms with Crippen molar-refractivity contribution in [2.24, 2.45) is 0 Å². The summed E-state index contributed by atoms with van der Waals surface area (Å²) in [4.78, 5) is 12.8. The van der Waals surface area contributed by atoms with Crippen molar-refractivity contribution in [3.8, 4) is 11.1 Å². The van der Waals surface area contributed by atoms with Gasteiger partial charge in [0.25, 0.3) is 5.91 Å². The first kappa shape index (κ1) is 18.7. The minimum Gasteiger partial charge on any atom is -0.375 e. The van der Waals surface area contributed by atoms with Gasteiger partial charge in [-0.25, -0.2) is 0 Å². The summed E-state index contributed by atoms with van der Waals surface area (Å²) in [7, 11) is 0. The van der Waals surface area contributed by atoms with Crippen molar-refractivity contribution in [1.29, 1.82) is 0 Å². The standard InChI is InChI=1S/C23H29NO2/c1-16(2)20-10-5-6-11-21(20)17-8-7-9-18(14-17)22(25)24-19-12-13-26-23(3,4)15-19/h5-11,14,16,19H,12-13,15H2,1-4H3,(H,24,25). The van der Waals surface area contributed by atoms with E-state index in [-0.39, 0.29) is 17.6 Å². The van der Waals surface area contributed by atoms with Crippen LogP contribution in [-0.2, 0) is 4.74 Å². The van der Waals surface area contributed by atoms with Gasteiger partial charge in [-0.3, -0.25) is 4.79 Å². The summed E-state index contributed by atoms with van der Waals surface area (Å²) in [6, 6.07) is 16.5. The molecule has 3 heteroatoms. The Morgan fingerprint density at radius 2 is 1.92 bits per heavy atom. The molecule has 1 saturated heterocycles. The molecule has 138 valence electrons. The normalized spacial score (nSPS) is 19.3. The molecule has 2 aromatic carbocycles. The third-order valence-electron chi connectivity index (χ3n) is 5.05. The van der Waals surface area contributed by atoms with Gasteiger partial charge in [0.1, 0.15) is 0 Å². The Labute approximate surface area is 156 Å². The molecule has 1 aliphatic rings. The molecule has 1 fully saturated rings. The zero-order valence-electron chi connectivity index (χ0n) is 16.2. The molecule has 3 nitrogen and oxygen atoms in total. The predicted octanol–water partition coefficient (Wildman–Crippen LogP) is 5.16. The molecular weight excluding hydrogens is 322 g/mol. The predicted molar refractivity (Wildman–Crippen MR) is 106 cm³/mol. The topological polar surface area (TPSA) is 38.3 Å². The van der Waals surface area contributed by atoms with Crippen LogP contribution >= 0.6 is 0 Å². The fourth-order valence-electron chi connectivity index (χ4n) is 3.72. The summed E-state index contributed by atoms with van der Waals surface area (Å²) in [6.45, 7) is 9.24. The van der Waals surface area contributed by atoms with Gasteiger partial charge in [-0.05, 0) is 61.4 Å². The highest BCUT2D eigenvalue weighted by molar-refractivity contribution is 5.95. The molecular formula is C23H29NO2. The first-order valence-electron chi connectivity index (χ1n) is 9.50. The smallest absolute Gasteiger partial charge is 0.251 e. The van der Waals surface area contributed by atoms with Gasteiger partial charge in [0, 0.05) is 18.2 Å². The van der Waals surface area contributed by atoms with E-state index in [1.165, 1.54) is 11.1 Å². The minimum absolute atomic E-state index is 0.00317. The van der Waals surface area contributed by atoms with Crippen LogP contribution in [0.5, 0.6) is 0 Å². The summed E-state index contributed by atoms with van der Waals surface area (Å²) in [6.07, 6.45) is 1.71. The quantitative estimate of drug-likeness (QED) is 0.826. The van der Waals surface area contributed by atoms with E-state index in [9.17, 15) is 4.79 Å². The molecule has 1 N–H and O–H groups in total.